The number of nitrogens with one attached hydrogen (secondary N) is 2. The molecule has 1 aliphatic heterocycles. The first-order valence-electron chi connectivity index (χ1n) is 6.41. The maximum atomic E-state index is 11.5. The molecule has 0 atom stereocenters. The van der Waals surface area contributed by atoms with Gasteiger partial charge in [-0.15, -0.1) is 0 Å². The second kappa shape index (κ2) is 7.08. The summed E-state index contributed by atoms with van der Waals surface area (Å²) in [6.45, 7) is 5.40. The molecule has 0 bridgehead atoms. The van der Waals surface area contributed by atoms with Crippen LogP contribution in [0.15, 0.2) is 0 Å². The largest absolute Gasteiger partial charge is 0.481 e. The van der Waals surface area contributed by atoms with Gasteiger partial charge in [0.1, 0.15) is 0 Å². The summed E-state index contributed by atoms with van der Waals surface area (Å²) in [6.07, 6.45) is 0.855. The summed E-state index contributed by atoms with van der Waals surface area (Å²) < 4.78 is 0. The zero-order valence-electron chi connectivity index (χ0n) is 11.3. The molecule has 1 fully saturated rings. The highest BCUT2D eigenvalue weighted by Gasteiger charge is 2.33. The first-order valence-corrected chi connectivity index (χ1v) is 6.41. The maximum Gasteiger partial charge on any atom is 0.321 e. The quantitative estimate of drug-likeness (QED) is 0.625. The fourth-order valence-electron chi connectivity index (χ4n) is 1.74. The minimum absolute atomic E-state index is 0.0569. The number of nitrogens with zero attached hydrogens (tertiary/aromatic N) is 1. The number of carboxylic acid groups (broad SMARTS) is 1. The lowest BCUT2D eigenvalue weighted by molar-refractivity contribution is -0.148. The van der Waals surface area contributed by atoms with Crippen LogP contribution in [0, 0.1) is 11.8 Å². The van der Waals surface area contributed by atoms with Crippen molar-refractivity contribution in [3.05, 3.63) is 0 Å². The number of hydrogen-bond donors (Lipinski definition) is 3. The SMILES string of the molecule is CC(C)CCNC(=O)NC(=O)CN1CC(C(=O)O)C1. The Morgan fingerprint density at radius 3 is 2.47 bits per heavy atom. The Hall–Kier alpha value is -1.63. The average Bonchev–Trinajstić information content (AvgIpc) is 2.21. The van der Waals surface area contributed by atoms with Gasteiger partial charge in [0, 0.05) is 19.6 Å². The molecule has 0 aromatic rings. The van der Waals surface area contributed by atoms with Gasteiger partial charge in [0.05, 0.1) is 12.5 Å². The number of aliphatic carboxylic acids is 1. The van der Waals surface area contributed by atoms with Crippen molar-refractivity contribution >= 4 is 17.9 Å². The molecule has 0 aromatic heterocycles. The summed E-state index contributed by atoms with van der Waals surface area (Å²) >= 11 is 0. The topological polar surface area (TPSA) is 98.7 Å². The minimum atomic E-state index is -0.844. The standard InChI is InChI=1S/C12H21N3O4/c1-8(2)3-4-13-12(19)14-10(16)7-15-5-9(6-15)11(17)18/h8-9H,3-7H2,1-2H3,(H,17,18)(H2,13,14,16,19). The van der Waals surface area contributed by atoms with Gasteiger partial charge in [-0.25, -0.2) is 4.79 Å². The van der Waals surface area contributed by atoms with Gasteiger partial charge in [-0.1, -0.05) is 13.8 Å². The summed E-state index contributed by atoms with van der Waals surface area (Å²) in [6, 6.07) is -0.499. The number of hydrogen-bond acceptors (Lipinski definition) is 4. The van der Waals surface area contributed by atoms with Gasteiger partial charge in [0.25, 0.3) is 0 Å². The molecule has 0 unspecified atom stereocenters. The van der Waals surface area contributed by atoms with E-state index in [1.54, 1.807) is 4.90 Å². The molecular weight excluding hydrogens is 250 g/mol. The molecule has 7 heteroatoms. The van der Waals surface area contributed by atoms with E-state index in [0.29, 0.717) is 25.6 Å². The van der Waals surface area contributed by atoms with Gasteiger partial charge < -0.3 is 10.4 Å². The Labute approximate surface area is 112 Å². The average molecular weight is 271 g/mol. The predicted octanol–water partition coefficient (Wildman–Crippen LogP) is -0.125. The molecule has 0 radical (unpaired) electrons. The highest BCUT2D eigenvalue weighted by molar-refractivity contribution is 5.95. The molecule has 1 rings (SSSR count). The van der Waals surface area contributed by atoms with Crippen molar-refractivity contribution in [1.82, 2.24) is 15.5 Å². The zero-order chi connectivity index (χ0) is 14.4. The van der Waals surface area contributed by atoms with Crippen LogP contribution in [0.5, 0.6) is 0 Å². The van der Waals surface area contributed by atoms with Crippen LogP contribution in [-0.2, 0) is 9.59 Å². The van der Waals surface area contributed by atoms with E-state index in [1.165, 1.54) is 0 Å². The van der Waals surface area contributed by atoms with Crippen molar-refractivity contribution in [3.8, 4) is 0 Å². The highest BCUT2D eigenvalue weighted by atomic mass is 16.4. The molecule has 7 nitrogen and oxygen atoms in total. The Balaban J connectivity index is 2.11. The normalized spacial score (nSPS) is 15.9. The molecular formula is C12H21N3O4. The smallest absolute Gasteiger partial charge is 0.321 e. The van der Waals surface area contributed by atoms with E-state index in [-0.39, 0.29) is 6.54 Å². The molecule has 0 aromatic carbocycles. The summed E-state index contributed by atoms with van der Waals surface area (Å²) in [5.41, 5.74) is 0. The molecule has 19 heavy (non-hydrogen) atoms. The van der Waals surface area contributed by atoms with Gasteiger partial charge in [-0.05, 0) is 12.3 Å². The number of amides is 3. The van der Waals surface area contributed by atoms with Crippen molar-refractivity contribution in [2.75, 3.05) is 26.2 Å². The fraction of sp³-hybridized carbons (Fsp3) is 0.750. The van der Waals surface area contributed by atoms with E-state index in [9.17, 15) is 14.4 Å². The maximum absolute atomic E-state index is 11.5. The van der Waals surface area contributed by atoms with E-state index in [2.05, 4.69) is 10.6 Å². The number of carboxylic acids is 1. The van der Waals surface area contributed by atoms with E-state index in [4.69, 9.17) is 5.11 Å². The number of carbonyl (C=O) groups is 3. The van der Waals surface area contributed by atoms with Crippen LogP contribution in [0.4, 0.5) is 4.79 Å². The number of carbonyl (C=O) groups excluding carboxylic acids is 2. The lowest BCUT2D eigenvalue weighted by Crippen LogP contribution is -2.54. The van der Waals surface area contributed by atoms with Crippen LogP contribution >= 0.6 is 0 Å². The van der Waals surface area contributed by atoms with Crippen molar-refractivity contribution in [3.63, 3.8) is 0 Å². The molecule has 3 N–H and O–H groups in total. The number of urea groups is 1. The van der Waals surface area contributed by atoms with E-state index < -0.39 is 23.8 Å². The second-order valence-electron chi connectivity index (χ2n) is 5.22. The second-order valence-corrected chi connectivity index (χ2v) is 5.22. The van der Waals surface area contributed by atoms with E-state index in [1.807, 2.05) is 13.8 Å². The summed E-state index contributed by atoms with van der Waals surface area (Å²) in [4.78, 5) is 35.1. The van der Waals surface area contributed by atoms with Gasteiger partial charge in [0.2, 0.25) is 5.91 Å². The zero-order valence-corrected chi connectivity index (χ0v) is 11.3. The first kappa shape index (κ1) is 15.4. The third-order valence-corrected chi connectivity index (χ3v) is 2.93. The third-order valence-electron chi connectivity index (χ3n) is 2.93. The fourth-order valence-corrected chi connectivity index (χ4v) is 1.74. The van der Waals surface area contributed by atoms with Crippen molar-refractivity contribution < 1.29 is 19.5 Å². The summed E-state index contributed by atoms with van der Waals surface area (Å²) in [5, 5.41) is 13.5. The van der Waals surface area contributed by atoms with Crippen molar-refractivity contribution in [2.45, 2.75) is 20.3 Å². The lowest BCUT2D eigenvalue weighted by atomic mass is 10.0. The van der Waals surface area contributed by atoms with Crippen LogP contribution in [-0.4, -0.2) is 54.1 Å². The molecule has 0 saturated carbocycles. The van der Waals surface area contributed by atoms with Crippen LogP contribution in [0.2, 0.25) is 0 Å². The Morgan fingerprint density at radius 1 is 1.32 bits per heavy atom. The molecule has 1 heterocycles. The third kappa shape index (κ3) is 5.69. The Bertz CT molecular complexity index is 351. The van der Waals surface area contributed by atoms with E-state index >= 15 is 0 Å². The summed E-state index contributed by atoms with van der Waals surface area (Å²) in [5.74, 6) is -1.16. The number of imide groups is 1. The van der Waals surface area contributed by atoms with Gasteiger partial charge >= 0.3 is 12.0 Å². The van der Waals surface area contributed by atoms with Crippen LogP contribution < -0.4 is 10.6 Å². The van der Waals surface area contributed by atoms with Crippen LogP contribution in [0.3, 0.4) is 0 Å². The highest BCUT2D eigenvalue weighted by Crippen LogP contribution is 2.14. The van der Waals surface area contributed by atoms with Gasteiger partial charge in [0.15, 0.2) is 0 Å². The predicted molar refractivity (Wildman–Crippen MR) is 68.6 cm³/mol. The minimum Gasteiger partial charge on any atom is -0.481 e. The molecule has 1 saturated heterocycles. The van der Waals surface area contributed by atoms with Crippen molar-refractivity contribution in [2.24, 2.45) is 11.8 Å². The van der Waals surface area contributed by atoms with Gasteiger partial charge in [-0.3, -0.25) is 19.8 Å². The van der Waals surface area contributed by atoms with Crippen LogP contribution in [0.1, 0.15) is 20.3 Å². The Kier molecular flexibility index (Phi) is 5.75. The van der Waals surface area contributed by atoms with Crippen molar-refractivity contribution in [1.29, 1.82) is 0 Å². The summed E-state index contributed by atoms with van der Waals surface area (Å²) in [7, 11) is 0. The van der Waals surface area contributed by atoms with Gasteiger partial charge in [-0.2, -0.15) is 0 Å². The first-order chi connectivity index (χ1) is 8.88. The molecule has 0 aliphatic carbocycles. The molecule has 108 valence electrons. The van der Waals surface area contributed by atoms with E-state index in [0.717, 1.165) is 6.42 Å². The number of likely N-dealkylation sites (tertiary alicyclic amines) is 1. The molecule has 0 spiro atoms. The molecule has 1 aliphatic rings. The lowest BCUT2D eigenvalue weighted by Gasteiger charge is -2.35. The Morgan fingerprint density at radius 2 is 1.95 bits per heavy atom. The van der Waals surface area contributed by atoms with Crippen LogP contribution in [0.25, 0.3) is 0 Å². The monoisotopic (exact) mass is 271 g/mol. The molecule has 3 amide bonds. The number of rotatable bonds is 6.